The third-order valence-electron chi connectivity index (χ3n) is 4.97. The van der Waals surface area contributed by atoms with Crippen LogP contribution < -0.4 is 20.5 Å². The second kappa shape index (κ2) is 11.0. The van der Waals surface area contributed by atoms with Gasteiger partial charge in [-0.25, -0.2) is 0 Å². The highest BCUT2D eigenvalue weighted by Crippen LogP contribution is 2.17. The molecule has 0 aromatic heterocycles. The van der Waals surface area contributed by atoms with E-state index in [1.54, 1.807) is 19.1 Å². The number of hydrogen-bond acceptors (Lipinski definition) is 5. The highest BCUT2D eigenvalue weighted by molar-refractivity contribution is 9.10. The number of hydrazine groups is 1. The number of anilines is 1. The Morgan fingerprint density at radius 2 is 1.67 bits per heavy atom. The molecule has 0 saturated carbocycles. The molecule has 0 unspecified atom stereocenters. The van der Waals surface area contributed by atoms with Gasteiger partial charge in [0.15, 0.2) is 6.10 Å². The maximum absolute atomic E-state index is 12.1. The maximum Gasteiger partial charge on any atom is 0.279 e. The zero-order valence-corrected chi connectivity index (χ0v) is 18.6. The van der Waals surface area contributed by atoms with E-state index in [1.807, 2.05) is 30.3 Å². The number of nitrogens with one attached hydrogen (secondary N) is 2. The van der Waals surface area contributed by atoms with Crippen molar-refractivity contribution in [3.05, 3.63) is 59.1 Å². The lowest BCUT2D eigenvalue weighted by molar-refractivity contribution is -0.132. The van der Waals surface area contributed by atoms with Gasteiger partial charge < -0.3 is 9.64 Å². The molecular formula is C22H27BrN4O3. The van der Waals surface area contributed by atoms with Crippen molar-refractivity contribution in [2.45, 2.75) is 19.4 Å². The number of amides is 2. The van der Waals surface area contributed by atoms with E-state index >= 15 is 0 Å². The van der Waals surface area contributed by atoms with Crippen LogP contribution in [0, 0.1) is 0 Å². The van der Waals surface area contributed by atoms with Gasteiger partial charge in [0.05, 0.1) is 0 Å². The average molecular weight is 475 g/mol. The molecule has 160 valence electrons. The summed E-state index contributed by atoms with van der Waals surface area (Å²) in [5, 5.41) is 0. The van der Waals surface area contributed by atoms with Crippen LogP contribution in [0.15, 0.2) is 59.1 Å². The Morgan fingerprint density at radius 3 is 2.33 bits per heavy atom. The van der Waals surface area contributed by atoms with E-state index in [0.29, 0.717) is 18.7 Å². The molecule has 1 atom stereocenters. The predicted octanol–water partition coefficient (Wildman–Crippen LogP) is 2.58. The molecule has 2 N–H and O–H groups in total. The van der Waals surface area contributed by atoms with Gasteiger partial charge in [0, 0.05) is 49.3 Å². The third-order valence-corrected chi connectivity index (χ3v) is 5.50. The number of piperazine rings is 1. The van der Waals surface area contributed by atoms with Crippen LogP contribution in [0.25, 0.3) is 0 Å². The van der Waals surface area contributed by atoms with Crippen LogP contribution >= 0.6 is 15.9 Å². The Balaban J connectivity index is 1.32. The lowest BCUT2D eigenvalue weighted by atomic mass is 10.2. The van der Waals surface area contributed by atoms with Crippen LogP contribution in [0.3, 0.4) is 0 Å². The van der Waals surface area contributed by atoms with Crippen LogP contribution in [-0.2, 0) is 9.59 Å². The second-order valence-electron chi connectivity index (χ2n) is 7.17. The van der Waals surface area contributed by atoms with Gasteiger partial charge in [0.25, 0.3) is 5.91 Å². The van der Waals surface area contributed by atoms with E-state index in [1.165, 1.54) is 5.69 Å². The fourth-order valence-corrected chi connectivity index (χ4v) is 3.46. The number of carbonyl (C=O) groups is 2. The molecule has 2 amide bonds. The fourth-order valence-electron chi connectivity index (χ4n) is 3.19. The monoisotopic (exact) mass is 474 g/mol. The minimum atomic E-state index is -0.725. The van der Waals surface area contributed by atoms with Gasteiger partial charge >= 0.3 is 0 Å². The summed E-state index contributed by atoms with van der Waals surface area (Å²) in [6.07, 6.45) is -0.398. The van der Waals surface area contributed by atoms with Crippen molar-refractivity contribution in [1.82, 2.24) is 15.8 Å². The topological polar surface area (TPSA) is 73.9 Å². The number of carbonyl (C=O) groups excluding carboxylic acids is 2. The highest BCUT2D eigenvalue weighted by Gasteiger charge is 2.19. The number of hydrogen-bond donors (Lipinski definition) is 2. The standard InChI is InChI=1S/C22H27BrN4O3/c1-17(30-20-9-7-18(23)8-10-20)22(29)25-24-21(28)11-12-26-13-15-27(16-14-26)19-5-3-2-4-6-19/h2-10,17H,11-16H2,1H3,(H,24,28)(H,25,29)/t17-/m0/s1. The largest absolute Gasteiger partial charge is 0.481 e. The van der Waals surface area contributed by atoms with Crippen molar-refractivity contribution in [2.24, 2.45) is 0 Å². The van der Waals surface area contributed by atoms with Crippen LogP contribution in [0.4, 0.5) is 5.69 Å². The number of ether oxygens (including phenoxy) is 1. The zero-order valence-electron chi connectivity index (χ0n) is 17.0. The maximum atomic E-state index is 12.1. The molecule has 7 nitrogen and oxygen atoms in total. The summed E-state index contributed by atoms with van der Waals surface area (Å²) in [6.45, 7) is 5.99. The SMILES string of the molecule is C[C@H](Oc1ccc(Br)cc1)C(=O)NNC(=O)CCN1CCN(c2ccccc2)CC1. The van der Waals surface area contributed by atoms with Gasteiger partial charge in [-0.2, -0.15) is 0 Å². The van der Waals surface area contributed by atoms with Crippen LogP contribution in [0.2, 0.25) is 0 Å². The minimum absolute atomic E-state index is 0.218. The lowest BCUT2D eigenvalue weighted by Crippen LogP contribution is -2.49. The average Bonchev–Trinajstić information content (AvgIpc) is 2.78. The summed E-state index contributed by atoms with van der Waals surface area (Å²) >= 11 is 3.35. The van der Waals surface area contributed by atoms with Crippen LogP contribution in [0.5, 0.6) is 5.75 Å². The summed E-state index contributed by atoms with van der Waals surface area (Å²) < 4.78 is 6.50. The number of benzene rings is 2. The van der Waals surface area contributed by atoms with Crippen molar-refractivity contribution in [2.75, 3.05) is 37.6 Å². The van der Waals surface area contributed by atoms with Crippen molar-refractivity contribution < 1.29 is 14.3 Å². The van der Waals surface area contributed by atoms with Crippen molar-refractivity contribution in [3.63, 3.8) is 0 Å². The van der Waals surface area contributed by atoms with Gasteiger partial charge in [-0.1, -0.05) is 34.1 Å². The lowest BCUT2D eigenvalue weighted by Gasteiger charge is -2.36. The smallest absolute Gasteiger partial charge is 0.279 e. The third kappa shape index (κ3) is 6.74. The fraction of sp³-hybridized carbons (Fsp3) is 0.364. The Labute approximate surface area is 185 Å². The van der Waals surface area contributed by atoms with E-state index in [0.717, 1.165) is 30.7 Å². The molecule has 0 bridgehead atoms. The number of halogens is 1. The normalized spacial score (nSPS) is 15.3. The molecule has 30 heavy (non-hydrogen) atoms. The van der Waals surface area contributed by atoms with E-state index in [-0.39, 0.29) is 5.91 Å². The number of rotatable bonds is 7. The van der Waals surface area contributed by atoms with Gasteiger partial charge in [-0.15, -0.1) is 0 Å². The first kappa shape index (κ1) is 22.1. The Kier molecular flexibility index (Phi) is 8.10. The molecule has 0 aliphatic carbocycles. The van der Waals surface area contributed by atoms with E-state index in [9.17, 15) is 9.59 Å². The highest BCUT2D eigenvalue weighted by atomic mass is 79.9. The summed E-state index contributed by atoms with van der Waals surface area (Å²) in [5.74, 6) is -0.0331. The first-order chi connectivity index (χ1) is 14.5. The second-order valence-corrected chi connectivity index (χ2v) is 8.08. The molecule has 2 aromatic carbocycles. The first-order valence-corrected chi connectivity index (χ1v) is 10.8. The first-order valence-electron chi connectivity index (χ1n) is 10.0. The molecule has 1 aliphatic heterocycles. The van der Waals surface area contributed by atoms with Gasteiger partial charge in [0.2, 0.25) is 5.91 Å². The van der Waals surface area contributed by atoms with Crippen molar-refractivity contribution in [1.29, 1.82) is 0 Å². The predicted molar refractivity (Wildman–Crippen MR) is 120 cm³/mol. The summed E-state index contributed by atoms with van der Waals surface area (Å²) in [4.78, 5) is 28.8. The van der Waals surface area contributed by atoms with Crippen molar-refractivity contribution >= 4 is 33.4 Å². The molecule has 1 aliphatic rings. The molecule has 1 fully saturated rings. The summed E-state index contributed by atoms with van der Waals surface area (Å²) in [6, 6.07) is 17.6. The van der Waals surface area contributed by atoms with Gasteiger partial charge in [-0.05, 0) is 43.3 Å². The van der Waals surface area contributed by atoms with Crippen molar-refractivity contribution in [3.8, 4) is 5.75 Å². The molecule has 2 aromatic rings. The molecule has 0 radical (unpaired) electrons. The van der Waals surface area contributed by atoms with E-state index in [4.69, 9.17) is 4.74 Å². The summed E-state index contributed by atoms with van der Waals surface area (Å²) in [5.41, 5.74) is 6.13. The molecular weight excluding hydrogens is 448 g/mol. The quantitative estimate of drug-likeness (QED) is 0.603. The molecule has 1 saturated heterocycles. The van der Waals surface area contributed by atoms with Gasteiger partial charge in [-0.3, -0.25) is 25.3 Å². The Hall–Kier alpha value is -2.58. The van der Waals surface area contributed by atoms with Gasteiger partial charge in [0.1, 0.15) is 5.75 Å². The molecule has 3 rings (SSSR count). The number of nitrogens with zero attached hydrogens (tertiary/aromatic N) is 2. The van der Waals surface area contributed by atoms with Crippen LogP contribution in [0.1, 0.15) is 13.3 Å². The Bertz CT molecular complexity index is 824. The molecule has 0 spiro atoms. The van der Waals surface area contributed by atoms with E-state index < -0.39 is 12.0 Å². The molecule has 8 heteroatoms. The molecule has 1 heterocycles. The van der Waals surface area contributed by atoms with E-state index in [2.05, 4.69) is 48.7 Å². The number of para-hydroxylation sites is 1. The van der Waals surface area contributed by atoms with Crippen LogP contribution in [-0.4, -0.2) is 55.5 Å². The minimum Gasteiger partial charge on any atom is -0.481 e. The zero-order chi connectivity index (χ0) is 21.3. The Morgan fingerprint density at radius 1 is 1.00 bits per heavy atom. The summed E-state index contributed by atoms with van der Waals surface area (Å²) in [7, 11) is 0.